The van der Waals surface area contributed by atoms with Crippen LogP contribution in [0, 0.1) is 6.92 Å². The van der Waals surface area contributed by atoms with Crippen LogP contribution in [0.4, 0.5) is 0 Å². The number of thiazole rings is 1. The number of thiophene rings is 1. The van der Waals surface area contributed by atoms with Gasteiger partial charge in [0.15, 0.2) is 16.6 Å². The molecule has 0 spiro atoms. The summed E-state index contributed by atoms with van der Waals surface area (Å²) in [6.07, 6.45) is 0. The van der Waals surface area contributed by atoms with Crippen molar-refractivity contribution in [3.8, 4) is 33.1 Å². The molecular weight excluding hydrogens is 448 g/mol. The molecule has 0 amide bonds. The van der Waals surface area contributed by atoms with E-state index in [2.05, 4.69) is 4.98 Å². The fourth-order valence-electron chi connectivity index (χ4n) is 3.52. The van der Waals surface area contributed by atoms with Crippen LogP contribution in [0.15, 0.2) is 52.3 Å². The normalized spacial score (nSPS) is 11.3. The maximum absolute atomic E-state index is 13.3. The number of furan rings is 1. The van der Waals surface area contributed by atoms with E-state index < -0.39 is 17.4 Å². The molecule has 4 heterocycles. The van der Waals surface area contributed by atoms with Gasteiger partial charge in [-0.25, -0.2) is 4.98 Å². The van der Waals surface area contributed by atoms with Gasteiger partial charge >= 0.3 is 0 Å². The molecule has 0 bridgehead atoms. The Morgan fingerprint density at radius 2 is 2.06 bits per heavy atom. The Hall–Kier alpha value is -3.56. The molecular formula is C23H18N2O5S2. The lowest BCUT2D eigenvalue weighted by atomic mass is 10.1. The molecule has 7 nitrogen and oxygen atoms in total. The third kappa shape index (κ3) is 3.26. The first kappa shape index (κ1) is 20.3. The number of carbonyl (C=O) groups excluding carboxylic acids is 1. The number of nitrogens with zero attached hydrogens (tertiary/aromatic N) is 2. The molecule has 0 radical (unpaired) electrons. The molecule has 5 rings (SSSR count). The highest BCUT2D eigenvalue weighted by Crippen LogP contribution is 2.46. The summed E-state index contributed by atoms with van der Waals surface area (Å²) in [6.45, 7) is 4.19. The molecule has 0 unspecified atom stereocenters. The Morgan fingerprint density at radius 1 is 1.22 bits per heavy atom. The zero-order valence-corrected chi connectivity index (χ0v) is 18.8. The van der Waals surface area contributed by atoms with Crippen LogP contribution < -0.4 is 4.74 Å². The first-order chi connectivity index (χ1) is 15.5. The fourth-order valence-corrected chi connectivity index (χ4v) is 5.29. The van der Waals surface area contributed by atoms with Crippen molar-refractivity contribution in [2.24, 2.45) is 0 Å². The topological polar surface area (TPSA) is 97.7 Å². The van der Waals surface area contributed by atoms with Crippen molar-refractivity contribution in [3.05, 3.63) is 64.9 Å². The number of aromatic nitrogens is 2. The molecule has 0 fully saturated rings. The van der Waals surface area contributed by atoms with E-state index in [0.29, 0.717) is 33.6 Å². The second-order valence-corrected chi connectivity index (χ2v) is 8.96. The summed E-state index contributed by atoms with van der Waals surface area (Å²) in [5, 5.41) is 24.0. The molecule has 0 aliphatic carbocycles. The fraction of sp³-hybridized carbons (Fsp3) is 0.130. The summed E-state index contributed by atoms with van der Waals surface area (Å²) < 4.78 is 13.3. The van der Waals surface area contributed by atoms with Crippen molar-refractivity contribution in [1.29, 1.82) is 0 Å². The zero-order valence-electron chi connectivity index (χ0n) is 17.2. The van der Waals surface area contributed by atoms with Gasteiger partial charge in [0.05, 0.1) is 33.0 Å². The van der Waals surface area contributed by atoms with Crippen LogP contribution in [-0.4, -0.2) is 32.2 Å². The van der Waals surface area contributed by atoms with Crippen LogP contribution in [0.1, 0.15) is 28.8 Å². The number of aryl methyl sites for hydroxylation is 1. The van der Waals surface area contributed by atoms with E-state index in [9.17, 15) is 15.0 Å². The monoisotopic (exact) mass is 466 g/mol. The molecule has 0 aliphatic heterocycles. The third-order valence-corrected chi connectivity index (χ3v) is 6.80. The number of aromatic hydroxyl groups is 2. The van der Waals surface area contributed by atoms with Gasteiger partial charge < -0.3 is 19.4 Å². The Kier molecular flexibility index (Phi) is 4.99. The first-order valence-corrected chi connectivity index (χ1v) is 11.5. The van der Waals surface area contributed by atoms with Gasteiger partial charge in [-0.15, -0.1) is 11.3 Å². The molecule has 0 saturated heterocycles. The van der Waals surface area contributed by atoms with Gasteiger partial charge in [0.25, 0.3) is 0 Å². The van der Waals surface area contributed by atoms with Crippen molar-refractivity contribution in [2.75, 3.05) is 6.61 Å². The molecule has 0 aliphatic rings. The molecule has 162 valence electrons. The second kappa shape index (κ2) is 7.85. The highest BCUT2D eigenvalue weighted by atomic mass is 32.1. The van der Waals surface area contributed by atoms with Crippen molar-refractivity contribution in [2.45, 2.75) is 13.8 Å². The minimum Gasteiger partial charge on any atom is -0.503 e. The Morgan fingerprint density at radius 3 is 2.75 bits per heavy atom. The van der Waals surface area contributed by atoms with Crippen LogP contribution >= 0.6 is 22.7 Å². The van der Waals surface area contributed by atoms with E-state index in [1.807, 2.05) is 42.6 Å². The summed E-state index contributed by atoms with van der Waals surface area (Å²) in [5.41, 5.74) is 1.04. The van der Waals surface area contributed by atoms with Crippen LogP contribution in [0.5, 0.6) is 17.4 Å². The second-order valence-electron chi connectivity index (χ2n) is 7.01. The van der Waals surface area contributed by atoms with E-state index in [1.54, 1.807) is 19.1 Å². The number of ether oxygens (including phenoxy) is 1. The minimum atomic E-state index is -0.521. The molecule has 4 aromatic heterocycles. The van der Waals surface area contributed by atoms with Gasteiger partial charge in [0.1, 0.15) is 11.5 Å². The minimum absolute atomic E-state index is 0.0337. The number of fused-ring (bicyclic) bond motifs is 1. The molecule has 1 aromatic carbocycles. The highest BCUT2D eigenvalue weighted by molar-refractivity contribution is 7.20. The molecule has 5 aromatic rings. The number of carbonyl (C=O) groups is 1. The van der Waals surface area contributed by atoms with Crippen LogP contribution in [0.25, 0.3) is 25.9 Å². The highest BCUT2D eigenvalue weighted by Gasteiger charge is 2.32. The predicted octanol–water partition coefficient (Wildman–Crippen LogP) is 5.76. The average Bonchev–Trinajstić information content (AvgIpc) is 3.55. The van der Waals surface area contributed by atoms with Gasteiger partial charge in [-0.3, -0.25) is 9.36 Å². The Labute approximate surface area is 190 Å². The molecule has 0 atom stereocenters. The first-order valence-electron chi connectivity index (χ1n) is 9.83. The number of hydrogen-bond acceptors (Lipinski definition) is 8. The smallest absolute Gasteiger partial charge is 0.242 e. The Bertz CT molecular complexity index is 1440. The van der Waals surface area contributed by atoms with Gasteiger partial charge in [0.2, 0.25) is 11.7 Å². The standard InChI is InChI=1S/C23H18N2O5S2/c1-3-29-13-7-8-14-17(11-13)32-23(24-14)25-19(16-5-4-10-31-16)18(21(27)22(25)28)20(26)15-9-6-12(2)30-15/h4-11,27-28H,3H2,1-2H3. The summed E-state index contributed by atoms with van der Waals surface area (Å²) in [4.78, 5) is 18.6. The predicted molar refractivity (Wildman–Crippen MR) is 124 cm³/mol. The van der Waals surface area contributed by atoms with Crippen LogP contribution in [0.2, 0.25) is 0 Å². The van der Waals surface area contributed by atoms with E-state index in [4.69, 9.17) is 9.15 Å². The Balaban J connectivity index is 1.74. The van der Waals surface area contributed by atoms with Crippen LogP contribution in [0.3, 0.4) is 0 Å². The van der Waals surface area contributed by atoms with Gasteiger partial charge in [0, 0.05) is 0 Å². The molecule has 9 heteroatoms. The average molecular weight is 467 g/mol. The van der Waals surface area contributed by atoms with Gasteiger partial charge in [-0.1, -0.05) is 17.4 Å². The summed E-state index contributed by atoms with van der Waals surface area (Å²) >= 11 is 2.71. The van der Waals surface area contributed by atoms with Gasteiger partial charge in [-0.05, 0) is 55.6 Å². The van der Waals surface area contributed by atoms with E-state index in [-0.39, 0.29) is 11.3 Å². The molecule has 32 heavy (non-hydrogen) atoms. The summed E-state index contributed by atoms with van der Waals surface area (Å²) in [7, 11) is 0. The maximum atomic E-state index is 13.3. The van der Waals surface area contributed by atoms with Crippen molar-refractivity contribution in [3.63, 3.8) is 0 Å². The largest absolute Gasteiger partial charge is 0.503 e. The zero-order chi connectivity index (χ0) is 22.4. The lowest BCUT2D eigenvalue weighted by molar-refractivity contribution is 0.101. The van der Waals surface area contributed by atoms with Crippen LogP contribution in [-0.2, 0) is 0 Å². The number of benzene rings is 1. The van der Waals surface area contributed by atoms with E-state index in [1.165, 1.54) is 27.2 Å². The van der Waals surface area contributed by atoms with Crippen molar-refractivity contribution < 1.29 is 24.2 Å². The number of ketones is 1. The van der Waals surface area contributed by atoms with Crippen molar-refractivity contribution >= 4 is 38.7 Å². The summed E-state index contributed by atoms with van der Waals surface area (Å²) in [6, 6.07) is 12.4. The third-order valence-electron chi connectivity index (χ3n) is 4.92. The lowest BCUT2D eigenvalue weighted by Crippen LogP contribution is -2.03. The van der Waals surface area contributed by atoms with E-state index >= 15 is 0 Å². The lowest BCUT2D eigenvalue weighted by Gasteiger charge is -2.06. The van der Waals surface area contributed by atoms with Gasteiger partial charge in [-0.2, -0.15) is 0 Å². The molecule has 2 N–H and O–H groups in total. The quantitative estimate of drug-likeness (QED) is 0.309. The van der Waals surface area contributed by atoms with E-state index in [0.717, 1.165) is 10.4 Å². The van der Waals surface area contributed by atoms with Crippen molar-refractivity contribution in [1.82, 2.24) is 9.55 Å². The SMILES string of the molecule is CCOc1ccc2nc(-n3c(O)c(O)c(C(=O)c4ccc(C)o4)c3-c3cccs3)sc2c1. The maximum Gasteiger partial charge on any atom is 0.242 e. The number of rotatable bonds is 6. The number of hydrogen-bond donors (Lipinski definition) is 2. The summed E-state index contributed by atoms with van der Waals surface area (Å²) in [5.74, 6) is -0.111. The molecule has 0 saturated carbocycles.